The van der Waals surface area contributed by atoms with Crippen molar-refractivity contribution in [2.45, 2.75) is 19.4 Å². The van der Waals surface area contributed by atoms with E-state index in [9.17, 15) is 14.0 Å². The highest BCUT2D eigenvalue weighted by atomic mass is 19.1. The van der Waals surface area contributed by atoms with Crippen LogP contribution in [0.25, 0.3) is 0 Å². The Balaban J connectivity index is 3.00. The van der Waals surface area contributed by atoms with E-state index in [1.54, 1.807) is 6.92 Å². The number of halogens is 1. The molecule has 0 aliphatic rings. The SMILES string of the molecule is CC[C@H](N)C(=O)Nc1cc(F)ccc1C(=O)O. The highest BCUT2D eigenvalue weighted by Crippen LogP contribution is 2.17. The molecule has 4 N–H and O–H groups in total. The third kappa shape index (κ3) is 3.25. The first-order valence-corrected chi connectivity index (χ1v) is 5.05. The minimum absolute atomic E-state index is 0.0913. The molecular formula is C11H13FN2O3. The van der Waals surface area contributed by atoms with Gasteiger partial charge >= 0.3 is 5.97 Å². The number of hydrogen-bond donors (Lipinski definition) is 3. The molecule has 1 aromatic carbocycles. The minimum Gasteiger partial charge on any atom is -0.478 e. The summed E-state index contributed by atoms with van der Waals surface area (Å²) in [5, 5.41) is 11.2. The summed E-state index contributed by atoms with van der Waals surface area (Å²) in [4.78, 5) is 22.3. The predicted molar refractivity (Wildman–Crippen MR) is 60.3 cm³/mol. The number of carbonyl (C=O) groups excluding carboxylic acids is 1. The molecule has 0 bridgehead atoms. The summed E-state index contributed by atoms with van der Waals surface area (Å²) in [6.45, 7) is 1.72. The van der Waals surface area contributed by atoms with E-state index in [1.165, 1.54) is 0 Å². The van der Waals surface area contributed by atoms with Crippen LogP contribution in [0.5, 0.6) is 0 Å². The maximum absolute atomic E-state index is 13.0. The van der Waals surface area contributed by atoms with E-state index < -0.39 is 23.7 Å². The standard InChI is InChI=1S/C11H13FN2O3/c1-2-8(13)10(15)14-9-5-6(12)3-4-7(9)11(16)17/h3-5,8H,2,13H2,1H3,(H,14,15)(H,16,17)/t8-/m0/s1. The third-order valence-electron chi connectivity index (χ3n) is 2.25. The van der Waals surface area contributed by atoms with E-state index in [4.69, 9.17) is 10.8 Å². The van der Waals surface area contributed by atoms with E-state index in [2.05, 4.69) is 5.32 Å². The number of amides is 1. The molecule has 0 fully saturated rings. The Morgan fingerprint density at radius 3 is 2.71 bits per heavy atom. The van der Waals surface area contributed by atoms with Gasteiger partial charge in [-0.05, 0) is 24.6 Å². The van der Waals surface area contributed by atoms with Crippen LogP contribution in [0.15, 0.2) is 18.2 Å². The monoisotopic (exact) mass is 240 g/mol. The molecule has 0 unspecified atom stereocenters. The first-order chi connectivity index (χ1) is 7.95. The topological polar surface area (TPSA) is 92.4 Å². The highest BCUT2D eigenvalue weighted by molar-refractivity contribution is 6.02. The third-order valence-corrected chi connectivity index (χ3v) is 2.25. The molecular weight excluding hydrogens is 227 g/mol. The Labute approximate surface area is 97.4 Å². The van der Waals surface area contributed by atoms with Crippen LogP contribution in [-0.2, 0) is 4.79 Å². The van der Waals surface area contributed by atoms with Crippen molar-refractivity contribution in [2.75, 3.05) is 5.32 Å². The number of aromatic carboxylic acids is 1. The average molecular weight is 240 g/mol. The molecule has 5 nitrogen and oxygen atoms in total. The van der Waals surface area contributed by atoms with Gasteiger partial charge in [-0.1, -0.05) is 6.92 Å². The van der Waals surface area contributed by atoms with E-state index in [0.717, 1.165) is 18.2 Å². The highest BCUT2D eigenvalue weighted by Gasteiger charge is 2.16. The van der Waals surface area contributed by atoms with Crippen LogP contribution in [0.3, 0.4) is 0 Å². The molecule has 1 rings (SSSR count). The molecule has 0 radical (unpaired) electrons. The summed E-state index contributed by atoms with van der Waals surface area (Å²) >= 11 is 0. The van der Waals surface area contributed by atoms with Crippen LogP contribution < -0.4 is 11.1 Å². The second-order valence-electron chi connectivity index (χ2n) is 3.50. The van der Waals surface area contributed by atoms with Crippen molar-refractivity contribution < 1.29 is 19.1 Å². The number of rotatable bonds is 4. The van der Waals surface area contributed by atoms with E-state index >= 15 is 0 Å². The lowest BCUT2D eigenvalue weighted by atomic mass is 10.1. The largest absolute Gasteiger partial charge is 0.478 e. The number of anilines is 1. The van der Waals surface area contributed by atoms with Gasteiger partial charge in [-0.15, -0.1) is 0 Å². The van der Waals surface area contributed by atoms with Gasteiger partial charge in [0.25, 0.3) is 0 Å². The van der Waals surface area contributed by atoms with Gasteiger partial charge in [0.15, 0.2) is 0 Å². The molecule has 0 saturated carbocycles. The van der Waals surface area contributed by atoms with Gasteiger partial charge in [-0.3, -0.25) is 4.79 Å². The van der Waals surface area contributed by atoms with Crippen molar-refractivity contribution in [1.29, 1.82) is 0 Å². The van der Waals surface area contributed by atoms with Gasteiger partial charge in [0.05, 0.1) is 17.3 Å². The fourth-order valence-corrected chi connectivity index (χ4v) is 1.22. The molecule has 0 heterocycles. The van der Waals surface area contributed by atoms with Crippen LogP contribution in [0.1, 0.15) is 23.7 Å². The van der Waals surface area contributed by atoms with E-state index in [0.29, 0.717) is 6.42 Å². The zero-order valence-electron chi connectivity index (χ0n) is 9.24. The lowest BCUT2D eigenvalue weighted by Crippen LogP contribution is -2.35. The Morgan fingerprint density at radius 1 is 1.53 bits per heavy atom. The van der Waals surface area contributed by atoms with Crippen LogP contribution in [-0.4, -0.2) is 23.0 Å². The van der Waals surface area contributed by atoms with Gasteiger partial charge in [0.1, 0.15) is 5.82 Å². The van der Waals surface area contributed by atoms with Gasteiger partial charge in [0, 0.05) is 0 Å². The van der Waals surface area contributed by atoms with Crippen LogP contribution in [0, 0.1) is 5.82 Å². The summed E-state index contributed by atoms with van der Waals surface area (Å²) in [7, 11) is 0. The fraction of sp³-hybridized carbons (Fsp3) is 0.273. The molecule has 92 valence electrons. The van der Waals surface area contributed by atoms with Crippen molar-refractivity contribution >= 4 is 17.6 Å². The number of nitrogens with one attached hydrogen (secondary N) is 1. The Bertz CT molecular complexity index is 448. The van der Waals surface area contributed by atoms with Crippen LogP contribution in [0.2, 0.25) is 0 Å². The van der Waals surface area contributed by atoms with Crippen molar-refractivity contribution in [2.24, 2.45) is 5.73 Å². The van der Waals surface area contributed by atoms with Gasteiger partial charge in [-0.25, -0.2) is 9.18 Å². The number of carboxylic acids is 1. The molecule has 0 aliphatic heterocycles. The second-order valence-corrected chi connectivity index (χ2v) is 3.50. The summed E-state index contributed by atoms with van der Waals surface area (Å²) in [5.41, 5.74) is 5.21. The maximum Gasteiger partial charge on any atom is 0.337 e. The molecule has 1 aromatic rings. The molecule has 0 spiro atoms. The zero-order valence-corrected chi connectivity index (χ0v) is 9.24. The van der Waals surface area contributed by atoms with Gasteiger partial charge in [-0.2, -0.15) is 0 Å². The summed E-state index contributed by atoms with van der Waals surface area (Å²) in [5.74, 6) is -2.42. The van der Waals surface area contributed by atoms with Crippen LogP contribution >= 0.6 is 0 Å². The smallest absolute Gasteiger partial charge is 0.337 e. The Morgan fingerprint density at radius 2 is 2.18 bits per heavy atom. The molecule has 0 aromatic heterocycles. The van der Waals surface area contributed by atoms with Gasteiger partial charge in [0.2, 0.25) is 5.91 Å². The summed E-state index contributed by atoms with van der Waals surface area (Å²) in [6.07, 6.45) is 0.406. The van der Waals surface area contributed by atoms with E-state index in [-0.39, 0.29) is 11.3 Å². The molecule has 6 heteroatoms. The van der Waals surface area contributed by atoms with Crippen molar-refractivity contribution in [1.82, 2.24) is 0 Å². The molecule has 1 atom stereocenters. The minimum atomic E-state index is -1.25. The fourth-order valence-electron chi connectivity index (χ4n) is 1.22. The predicted octanol–water partition coefficient (Wildman–Crippen LogP) is 1.20. The molecule has 0 saturated heterocycles. The lowest BCUT2D eigenvalue weighted by molar-refractivity contribution is -0.117. The molecule has 17 heavy (non-hydrogen) atoms. The summed E-state index contributed by atoms with van der Waals surface area (Å²) in [6, 6.07) is 2.30. The molecule has 1 amide bonds. The second kappa shape index (κ2) is 5.40. The number of nitrogens with two attached hydrogens (primary N) is 1. The van der Waals surface area contributed by atoms with Crippen molar-refractivity contribution in [3.8, 4) is 0 Å². The lowest BCUT2D eigenvalue weighted by Gasteiger charge is -2.12. The quantitative estimate of drug-likeness (QED) is 0.737. The van der Waals surface area contributed by atoms with Gasteiger partial charge < -0.3 is 16.2 Å². The number of carbonyl (C=O) groups is 2. The normalized spacial score (nSPS) is 11.9. The maximum atomic E-state index is 13.0. The number of benzene rings is 1. The summed E-state index contributed by atoms with van der Waals surface area (Å²) < 4.78 is 13.0. The van der Waals surface area contributed by atoms with Crippen molar-refractivity contribution in [3.63, 3.8) is 0 Å². The van der Waals surface area contributed by atoms with Crippen molar-refractivity contribution in [3.05, 3.63) is 29.6 Å². The first kappa shape index (κ1) is 13.1. The first-order valence-electron chi connectivity index (χ1n) is 5.05. The Kier molecular flexibility index (Phi) is 4.17. The van der Waals surface area contributed by atoms with Crippen LogP contribution in [0.4, 0.5) is 10.1 Å². The zero-order chi connectivity index (χ0) is 13.0. The Hall–Kier alpha value is -1.95. The number of carboxylic acid groups (broad SMARTS) is 1. The molecule has 0 aliphatic carbocycles. The number of hydrogen-bond acceptors (Lipinski definition) is 3. The average Bonchev–Trinajstić information content (AvgIpc) is 2.27. The van der Waals surface area contributed by atoms with E-state index in [1.807, 2.05) is 0 Å².